The molecule has 1 aliphatic rings. The third kappa shape index (κ3) is 6.10. The monoisotopic (exact) mass is 473 g/mol. The first-order valence-electron chi connectivity index (χ1n) is 10.2. The van der Waals surface area contributed by atoms with E-state index >= 15 is 0 Å². The first-order chi connectivity index (χ1) is 15.4. The van der Waals surface area contributed by atoms with Crippen LogP contribution in [0.25, 0.3) is 0 Å². The molecule has 0 saturated carbocycles. The molecule has 3 aromatic rings. The molecule has 2 heterocycles. The largest absolute Gasteiger partial charge is 0.457 e. The predicted molar refractivity (Wildman–Crippen MR) is 122 cm³/mol. The molecule has 1 amide bonds. The number of para-hydroxylation sites is 1. The molecule has 2 atom stereocenters. The maximum absolute atomic E-state index is 12.5. The number of benzene rings is 2. The number of nitrogens with one attached hydrogen (secondary N) is 1. The van der Waals surface area contributed by atoms with Crippen LogP contribution in [-0.2, 0) is 21.1 Å². The fourth-order valence-electron chi connectivity index (χ4n) is 3.33. The van der Waals surface area contributed by atoms with E-state index in [1.54, 1.807) is 31.2 Å². The van der Waals surface area contributed by atoms with Crippen LogP contribution >= 0.6 is 11.8 Å². The number of hydrogen-bond donors (Lipinski definition) is 1. The highest BCUT2D eigenvalue weighted by atomic mass is 32.2. The Morgan fingerprint density at radius 3 is 2.56 bits per heavy atom. The Hall–Kier alpha value is -2.85. The molecule has 0 radical (unpaired) electrons. The lowest BCUT2D eigenvalue weighted by Gasteiger charge is -2.11. The highest BCUT2D eigenvalue weighted by Crippen LogP contribution is 2.27. The van der Waals surface area contributed by atoms with Crippen LogP contribution in [-0.4, -0.2) is 41.3 Å². The lowest BCUT2D eigenvalue weighted by Crippen LogP contribution is -2.22. The molecule has 1 aromatic heterocycles. The fourth-order valence-corrected chi connectivity index (χ4v) is 5.89. The second-order valence-corrected chi connectivity index (χ2v) is 11.1. The highest BCUT2D eigenvalue weighted by molar-refractivity contribution is 8.00. The Balaban J connectivity index is 1.27. The molecular formula is C22H23N3O5S2. The molecule has 1 N–H and O–H groups in total. The van der Waals surface area contributed by atoms with Gasteiger partial charge in [0.05, 0.1) is 16.8 Å². The van der Waals surface area contributed by atoms with Crippen LogP contribution in [0.5, 0.6) is 11.5 Å². The van der Waals surface area contributed by atoms with Crippen LogP contribution in [0.4, 0.5) is 5.69 Å². The molecule has 0 aliphatic carbocycles. The minimum Gasteiger partial charge on any atom is -0.457 e. The van der Waals surface area contributed by atoms with Crippen LogP contribution in [0.15, 0.2) is 64.2 Å². The summed E-state index contributed by atoms with van der Waals surface area (Å²) in [5, 5.41) is 10.6. The van der Waals surface area contributed by atoms with Crippen LogP contribution in [0.1, 0.15) is 19.2 Å². The number of nitrogens with zero attached hydrogens (tertiary/aromatic N) is 2. The molecule has 1 saturated heterocycles. The van der Waals surface area contributed by atoms with Crippen LogP contribution in [0.3, 0.4) is 0 Å². The second-order valence-electron chi connectivity index (χ2n) is 7.62. The first-order valence-corrected chi connectivity index (χ1v) is 12.9. The lowest BCUT2D eigenvalue weighted by atomic mass is 10.1. The van der Waals surface area contributed by atoms with Crippen molar-refractivity contribution in [3.05, 3.63) is 60.5 Å². The minimum absolute atomic E-state index is 0.00728. The first kappa shape index (κ1) is 22.3. The summed E-state index contributed by atoms with van der Waals surface area (Å²) in [4.78, 5) is 12.5. The third-order valence-electron chi connectivity index (χ3n) is 4.99. The van der Waals surface area contributed by atoms with Gasteiger partial charge < -0.3 is 14.5 Å². The van der Waals surface area contributed by atoms with Gasteiger partial charge in [-0.3, -0.25) is 4.79 Å². The van der Waals surface area contributed by atoms with Gasteiger partial charge in [0.15, 0.2) is 9.84 Å². The molecule has 0 spiro atoms. The van der Waals surface area contributed by atoms with E-state index in [1.807, 2.05) is 30.3 Å². The second kappa shape index (κ2) is 9.74. The van der Waals surface area contributed by atoms with Crippen LogP contribution in [0.2, 0.25) is 0 Å². The van der Waals surface area contributed by atoms with Crippen molar-refractivity contribution in [2.75, 3.05) is 16.8 Å². The van der Waals surface area contributed by atoms with Gasteiger partial charge in [-0.05, 0) is 55.7 Å². The molecule has 32 heavy (non-hydrogen) atoms. The quantitative estimate of drug-likeness (QED) is 0.490. The zero-order chi connectivity index (χ0) is 22.6. The fraction of sp³-hybridized carbons (Fsp3) is 0.318. The van der Waals surface area contributed by atoms with Gasteiger partial charge in [-0.2, -0.15) is 0 Å². The highest BCUT2D eigenvalue weighted by Gasteiger charge is 2.29. The number of ether oxygens (including phenoxy) is 1. The van der Waals surface area contributed by atoms with E-state index in [0.29, 0.717) is 30.2 Å². The standard InChI is InChI=1S/C22H23N3O5S2/c1-15(31-22-25-24-20(30-22)13-16-11-12-32(27,28)14-16)21(26)23-17-7-9-19(10-8-17)29-18-5-3-2-4-6-18/h2-10,15-16H,11-14H2,1H3,(H,23,26)/t15-,16+/m0/s1. The number of amides is 1. The Kier molecular flexibility index (Phi) is 6.80. The van der Waals surface area contributed by atoms with Crippen molar-refractivity contribution in [1.29, 1.82) is 0 Å². The molecule has 0 bridgehead atoms. The summed E-state index contributed by atoms with van der Waals surface area (Å²) in [6, 6.07) is 16.6. The number of anilines is 1. The number of sulfone groups is 1. The Morgan fingerprint density at radius 2 is 1.88 bits per heavy atom. The number of carbonyl (C=O) groups excluding carboxylic acids is 1. The zero-order valence-electron chi connectivity index (χ0n) is 17.4. The van der Waals surface area contributed by atoms with Gasteiger partial charge in [0.25, 0.3) is 5.22 Å². The maximum Gasteiger partial charge on any atom is 0.277 e. The number of carbonyl (C=O) groups is 1. The predicted octanol–water partition coefficient (Wildman–Crippen LogP) is 3.96. The van der Waals surface area contributed by atoms with Crippen molar-refractivity contribution in [3.8, 4) is 11.5 Å². The third-order valence-corrected chi connectivity index (χ3v) is 7.76. The van der Waals surface area contributed by atoms with Gasteiger partial charge in [0.2, 0.25) is 11.8 Å². The van der Waals surface area contributed by atoms with Gasteiger partial charge in [-0.25, -0.2) is 8.42 Å². The molecule has 4 rings (SSSR count). The summed E-state index contributed by atoms with van der Waals surface area (Å²) in [6.07, 6.45) is 1.05. The average molecular weight is 474 g/mol. The van der Waals surface area contributed by atoms with Gasteiger partial charge in [0.1, 0.15) is 11.5 Å². The normalized spacial score (nSPS) is 18.2. The molecule has 1 fully saturated rings. The smallest absolute Gasteiger partial charge is 0.277 e. The summed E-state index contributed by atoms with van der Waals surface area (Å²) in [5.74, 6) is 1.99. The Labute approximate surface area is 190 Å². The van der Waals surface area contributed by atoms with Crippen molar-refractivity contribution < 1.29 is 22.4 Å². The van der Waals surface area contributed by atoms with Crippen molar-refractivity contribution in [1.82, 2.24) is 10.2 Å². The number of thioether (sulfide) groups is 1. The van der Waals surface area contributed by atoms with E-state index in [-0.39, 0.29) is 28.6 Å². The van der Waals surface area contributed by atoms with Gasteiger partial charge in [-0.1, -0.05) is 30.0 Å². The van der Waals surface area contributed by atoms with Crippen LogP contribution < -0.4 is 10.1 Å². The Bertz CT molecular complexity index is 1160. The summed E-state index contributed by atoms with van der Waals surface area (Å²) in [5.41, 5.74) is 0.650. The van der Waals surface area contributed by atoms with E-state index in [2.05, 4.69) is 15.5 Å². The van der Waals surface area contributed by atoms with E-state index < -0.39 is 15.1 Å². The zero-order valence-corrected chi connectivity index (χ0v) is 19.1. The van der Waals surface area contributed by atoms with E-state index in [9.17, 15) is 13.2 Å². The minimum atomic E-state index is -2.94. The lowest BCUT2D eigenvalue weighted by molar-refractivity contribution is -0.115. The molecule has 10 heteroatoms. The molecular weight excluding hydrogens is 450 g/mol. The SMILES string of the molecule is C[C@H](Sc1nnc(C[C@H]2CCS(=O)(=O)C2)o1)C(=O)Nc1ccc(Oc2ccccc2)cc1. The summed E-state index contributed by atoms with van der Waals surface area (Å²) >= 11 is 1.16. The molecule has 8 nitrogen and oxygen atoms in total. The van der Waals surface area contributed by atoms with E-state index in [4.69, 9.17) is 9.15 Å². The van der Waals surface area contributed by atoms with E-state index in [0.717, 1.165) is 17.5 Å². The van der Waals surface area contributed by atoms with Gasteiger partial charge >= 0.3 is 0 Å². The molecule has 0 unspecified atom stereocenters. The molecule has 1 aliphatic heterocycles. The van der Waals surface area contributed by atoms with Crippen molar-refractivity contribution in [3.63, 3.8) is 0 Å². The average Bonchev–Trinajstić information content (AvgIpc) is 3.35. The number of rotatable bonds is 8. The number of aromatic nitrogens is 2. The van der Waals surface area contributed by atoms with Crippen molar-refractivity contribution >= 4 is 33.2 Å². The summed E-state index contributed by atoms with van der Waals surface area (Å²) < 4.78 is 34.5. The number of hydrogen-bond acceptors (Lipinski definition) is 8. The summed E-state index contributed by atoms with van der Waals surface area (Å²) in [7, 11) is -2.94. The van der Waals surface area contributed by atoms with Crippen molar-refractivity contribution in [2.45, 2.75) is 30.2 Å². The van der Waals surface area contributed by atoms with Crippen molar-refractivity contribution in [2.24, 2.45) is 5.92 Å². The van der Waals surface area contributed by atoms with Crippen LogP contribution in [0, 0.1) is 5.92 Å². The topological polar surface area (TPSA) is 111 Å². The maximum atomic E-state index is 12.5. The summed E-state index contributed by atoms with van der Waals surface area (Å²) in [6.45, 7) is 1.75. The molecule has 168 valence electrons. The van der Waals surface area contributed by atoms with Gasteiger partial charge in [0, 0.05) is 12.1 Å². The Morgan fingerprint density at radius 1 is 1.16 bits per heavy atom. The van der Waals surface area contributed by atoms with E-state index in [1.165, 1.54) is 0 Å². The van der Waals surface area contributed by atoms with Gasteiger partial charge in [-0.15, -0.1) is 10.2 Å². The molecule has 2 aromatic carbocycles.